The summed E-state index contributed by atoms with van der Waals surface area (Å²) < 4.78 is 7.49. The first-order chi connectivity index (χ1) is 17.7. The molecule has 0 radical (unpaired) electrons. The minimum absolute atomic E-state index is 0.149. The Kier molecular flexibility index (Phi) is 8.27. The van der Waals surface area contributed by atoms with Crippen molar-refractivity contribution < 1.29 is 29.0 Å². The van der Waals surface area contributed by atoms with E-state index in [0.717, 1.165) is 23.2 Å². The van der Waals surface area contributed by atoms with Gasteiger partial charge in [0.15, 0.2) is 0 Å². The second-order valence-corrected chi connectivity index (χ2v) is 10.4. The molecule has 1 saturated heterocycles. The van der Waals surface area contributed by atoms with E-state index in [9.17, 15) is 19.2 Å². The van der Waals surface area contributed by atoms with Crippen LogP contribution in [0.4, 0.5) is 10.5 Å². The maximum absolute atomic E-state index is 13.3. The third-order valence-electron chi connectivity index (χ3n) is 5.63. The van der Waals surface area contributed by atoms with Gasteiger partial charge in [-0.2, -0.15) is 0 Å². The highest BCUT2D eigenvalue weighted by molar-refractivity contribution is 14.1. The zero-order valence-electron chi connectivity index (χ0n) is 19.5. The van der Waals surface area contributed by atoms with Crippen LogP contribution in [0.2, 0.25) is 0 Å². The summed E-state index contributed by atoms with van der Waals surface area (Å²) in [6.45, 7) is 2.16. The van der Waals surface area contributed by atoms with Crippen molar-refractivity contribution >= 4 is 80.8 Å². The first kappa shape index (κ1) is 26.8. The van der Waals surface area contributed by atoms with Crippen LogP contribution in [0.5, 0.6) is 5.75 Å². The van der Waals surface area contributed by atoms with Gasteiger partial charge in [-0.25, -0.2) is 14.5 Å². The first-order valence-electron chi connectivity index (χ1n) is 11.1. The molecule has 188 valence electrons. The van der Waals surface area contributed by atoms with Gasteiger partial charge in [0.1, 0.15) is 17.9 Å². The molecule has 0 saturated carbocycles. The lowest BCUT2D eigenvalue weighted by atomic mass is 10.0. The van der Waals surface area contributed by atoms with E-state index in [1.807, 2.05) is 19.1 Å². The highest BCUT2D eigenvalue weighted by Crippen LogP contribution is 2.32. The Bertz CT molecular complexity index is 1430. The number of aromatic carboxylic acids is 1. The number of benzene rings is 3. The van der Waals surface area contributed by atoms with Crippen LogP contribution in [0.1, 0.15) is 34.0 Å². The smallest absolute Gasteiger partial charge is 0.335 e. The second-order valence-electron chi connectivity index (χ2n) is 8.04. The van der Waals surface area contributed by atoms with Crippen molar-refractivity contribution in [3.8, 4) is 5.75 Å². The maximum Gasteiger partial charge on any atom is 0.335 e. The molecule has 1 aliphatic heterocycles. The molecule has 2 N–H and O–H groups in total. The molecule has 1 aliphatic rings. The number of urea groups is 1. The van der Waals surface area contributed by atoms with Crippen LogP contribution >= 0.6 is 45.2 Å². The molecule has 0 aliphatic carbocycles. The van der Waals surface area contributed by atoms with Crippen molar-refractivity contribution in [2.24, 2.45) is 0 Å². The van der Waals surface area contributed by atoms with Crippen LogP contribution in [0, 0.1) is 7.14 Å². The van der Waals surface area contributed by atoms with Gasteiger partial charge in [0.2, 0.25) is 0 Å². The van der Waals surface area contributed by atoms with E-state index < -0.39 is 23.8 Å². The molecule has 10 heteroatoms. The predicted molar refractivity (Wildman–Crippen MR) is 154 cm³/mol. The van der Waals surface area contributed by atoms with Gasteiger partial charge in [-0.15, -0.1) is 0 Å². The van der Waals surface area contributed by atoms with Crippen molar-refractivity contribution in [3.63, 3.8) is 0 Å². The lowest BCUT2D eigenvalue weighted by molar-refractivity contribution is -0.122. The fourth-order valence-corrected chi connectivity index (χ4v) is 5.90. The van der Waals surface area contributed by atoms with Crippen LogP contribution in [0.3, 0.4) is 0 Å². The first-order valence-corrected chi connectivity index (χ1v) is 13.3. The Labute approximate surface area is 240 Å². The van der Waals surface area contributed by atoms with E-state index in [-0.39, 0.29) is 17.7 Å². The Morgan fingerprint density at radius 2 is 1.68 bits per heavy atom. The Morgan fingerprint density at radius 3 is 2.30 bits per heavy atom. The standard InChI is InChI=1S/C27H20I2N2O6/c1-2-17-5-3-4-6-22(17)31-25(33)19(24(32)30-27(31)36)11-16-12-20(28)23(21(29)13-16)37-14-15-7-9-18(10-8-15)26(34)35/h3-13H,2,14H2,1H3,(H,34,35)(H,30,32,36)/b19-11+. The zero-order valence-corrected chi connectivity index (χ0v) is 23.8. The number of nitrogens with zero attached hydrogens (tertiary/aromatic N) is 1. The molecule has 3 aromatic carbocycles. The number of anilines is 1. The number of rotatable bonds is 7. The predicted octanol–water partition coefficient (Wildman–Crippen LogP) is 5.40. The van der Waals surface area contributed by atoms with Crippen LogP contribution in [-0.2, 0) is 22.6 Å². The van der Waals surface area contributed by atoms with Gasteiger partial charge in [-0.05, 0) is 105 Å². The molecular formula is C27H20I2N2O6. The summed E-state index contributed by atoms with van der Waals surface area (Å²) in [5.41, 5.74) is 2.71. The molecule has 0 spiro atoms. The summed E-state index contributed by atoms with van der Waals surface area (Å²) in [7, 11) is 0. The van der Waals surface area contributed by atoms with Crippen molar-refractivity contribution in [3.05, 3.63) is 95.6 Å². The number of barbiturate groups is 1. The lowest BCUT2D eigenvalue weighted by Gasteiger charge is -2.28. The Hall–Kier alpha value is -3.26. The number of hydrogen-bond donors (Lipinski definition) is 2. The number of carboxylic acid groups (broad SMARTS) is 1. The molecule has 1 fully saturated rings. The number of carbonyl (C=O) groups excluding carboxylic acids is 3. The van der Waals surface area contributed by atoms with Gasteiger partial charge >= 0.3 is 12.0 Å². The third kappa shape index (κ3) is 5.85. The molecule has 37 heavy (non-hydrogen) atoms. The number of carboxylic acids is 1. The zero-order chi connectivity index (χ0) is 26.7. The largest absolute Gasteiger partial charge is 0.487 e. The van der Waals surface area contributed by atoms with Crippen LogP contribution in [-0.4, -0.2) is 28.9 Å². The summed E-state index contributed by atoms with van der Waals surface area (Å²) in [6.07, 6.45) is 2.08. The normalized spacial score (nSPS) is 14.6. The van der Waals surface area contributed by atoms with Gasteiger partial charge in [0.05, 0.1) is 18.4 Å². The molecular weight excluding hydrogens is 702 g/mol. The van der Waals surface area contributed by atoms with Gasteiger partial charge in [-0.1, -0.05) is 37.3 Å². The number of hydrogen-bond acceptors (Lipinski definition) is 5. The fraction of sp³-hybridized carbons (Fsp3) is 0.111. The summed E-state index contributed by atoms with van der Waals surface area (Å²) in [4.78, 5) is 50.5. The lowest BCUT2D eigenvalue weighted by Crippen LogP contribution is -2.54. The molecule has 8 nitrogen and oxygen atoms in total. The summed E-state index contributed by atoms with van der Waals surface area (Å²) in [5, 5.41) is 11.3. The molecule has 1 heterocycles. The number of amides is 4. The maximum atomic E-state index is 13.3. The van der Waals surface area contributed by atoms with Crippen molar-refractivity contribution in [1.29, 1.82) is 0 Å². The van der Waals surface area contributed by atoms with E-state index in [4.69, 9.17) is 9.84 Å². The molecule has 4 rings (SSSR count). The highest BCUT2D eigenvalue weighted by atomic mass is 127. The van der Waals surface area contributed by atoms with Crippen LogP contribution in [0.15, 0.2) is 66.2 Å². The van der Waals surface area contributed by atoms with Crippen LogP contribution in [0.25, 0.3) is 6.08 Å². The summed E-state index contributed by atoms with van der Waals surface area (Å²) in [5.74, 6) is -1.81. The molecule has 0 aromatic heterocycles. The monoisotopic (exact) mass is 722 g/mol. The minimum Gasteiger partial charge on any atom is -0.487 e. The van der Waals surface area contributed by atoms with E-state index in [0.29, 0.717) is 23.4 Å². The quantitative estimate of drug-likeness (QED) is 0.192. The molecule has 0 bridgehead atoms. The molecule has 4 amide bonds. The van der Waals surface area contributed by atoms with Crippen molar-refractivity contribution in [1.82, 2.24) is 5.32 Å². The molecule has 0 atom stereocenters. The number of imide groups is 2. The summed E-state index contributed by atoms with van der Waals surface area (Å²) >= 11 is 4.22. The molecule has 0 unspecified atom stereocenters. The average Bonchev–Trinajstić information content (AvgIpc) is 2.86. The van der Waals surface area contributed by atoms with E-state index >= 15 is 0 Å². The van der Waals surface area contributed by atoms with E-state index in [1.165, 1.54) is 18.2 Å². The van der Waals surface area contributed by atoms with E-state index in [2.05, 4.69) is 50.5 Å². The van der Waals surface area contributed by atoms with Crippen molar-refractivity contribution in [2.45, 2.75) is 20.0 Å². The molecule has 3 aromatic rings. The second kappa shape index (κ2) is 11.4. The minimum atomic E-state index is -0.992. The SMILES string of the molecule is CCc1ccccc1N1C(=O)NC(=O)/C(=C\c2cc(I)c(OCc3ccc(C(=O)O)cc3)c(I)c2)C1=O. The van der Waals surface area contributed by atoms with Gasteiger partial charge in [-0.3, -0.25) is 14.9 Å². The average molecular weight is 722 g/mol. The highest BCUT2D eigenvalue weighted by Gasteiger charge is 2.37. The van der Waals surface area contributed by atoms with Crippen molar-refractivity contribution in [2.75, 3.05) is 4.90 Å². The number of ether oxygens (including phenoxy) is 1. The van der Waals surface area contributed by atoms with Gasteiger partial charge in [0, 0.05) is 0 Å². The van der Waals surface area contributed by atoms with Gasteiger partial charge in [0.25, 0.3) is 11.8 Å². The number of para-hydroxylation sites is 1. The van der Waals surface area contributed by atoms with E-state index in [1.54, 1.807) is 36.4 Å². The Balaban J connectivity index is 1.59. The number of carbonyl (C=O) groups is 4. The fourth-order valence-electron chi connectivity index (χ4n) is 3.77. The summed E-state index contributed by atoms with van der Waals surface area (Å²) in [6, 6.07) is 16.3. The number of nitrogens with one attached hydrogen (secondary N) is 1. The van der Waals surface area contributed by atoms with Crippen LogP contribution < -0.4 is 15.0 Å². The third-order valence-corrected chi connectivity index (χ3v) is 7.23. The number of aryl methyl sites for hydroxylation is 1. The van der Waals surface area contributed by atoms with Gasteiger partial charge < -0.3 is 9.84 Å². The topological polar surface area (TPSA) is 113 Å². The Morgan fingerprint density at radius 1 is 1.03 bits per heavy atom. The number of halogens is 2.